The molecule has 0 radical (unpaired) electrons. The highest BCUT2D eigenvalue weighted by Crippen LogP contribution is 2.47. The number of hydrogen-bond acceptors (Lipinski definition) is 4. The Balaban J connectivity index is 1.19. The zero-order chi connectivity index (χ0) is 31.3. The zero-order valence-corrected chi connectivity index (χ0v) is 26.3. The van der Waals surface area contributed by atoms with Crippen LogP contribution in [0.25, 0.3) is 15.7 Å². The van der Waals surface area contributed by atoms with Crippen LogP contribution < -0.4 is 20.7 Å². The van der Waals surface area contributed by atoms with Gasteiger partial charge in [0.1, 0.15) is 5.75 Å². The number of hydrogen-bond donors (Lipinski definition) is 1. The normalized spacial score (nSPS) is 13.1. The lowest BCUT2D eigenvalue weighted by Crippen LogP contribution is -2.50. The third-order valence-electron chi connectivity index (χ3n) is 9.19. The molecule has 0 amide bonds. The Hall–Kier alpha value is -5.65. The van der Waals surface area contributed by atoms with E-state index >= 15 is 0 Å². The van der Waals surface area contributed by atoms with Crippen molar-refractivity contribution in [2.24, 2.45) is 0 Å². The first-order valence-corrected chi connectivity index (χ1v) is 16.7. The SMILES string of the molecule is Oc1c(C2=CB3c4ccccc4N(c4cccc(N(c5ccccc5)c5ccccc5)c4)c4cccc(c43)S2)ccc2ccccc12. The van der Waals surface area contributed by atoms with Gasteiger partial charge < -0.3 is 14.9 Å². The van der Waals surface area contributed by atoms with Crippen LogP contribution in [0.15, 0.2) is 175 Å². The maximum Gasteiger partial charge on any atom is 0.242 e. The van der Waals surface area contributed by atoms with E-state index in [2.05, 4.69) is 155 Å². The van der Waals surface area contributed by atoms with Crippen LogP contribution in [0.1, 0.15) is 5.56 Å². The molecular formula is C42H29BN2OS. The summed E-state index contributed by atoms with van der Waals surface area (Å²) in [5.41, 5.74) is 10.2. The molecule has 0 saturated heterocycles. The smallest absolute Gasteiger partial charge is 0.242 e. The molecule has 2 heterocycles. The average Bonchev–Trinajstić information content (AvgIpc) is 3.13. The third kappa shape index (κ3) is 4.62. The van der Waals surface area contributed by atoms with Gasteiger partial charge in [0.05, 0.1) is 0 Å². The first kappa shape index (κ1) is 27.6. The van der Waals surface area contributed by atoms with E-state index in [0.717, 1.165) is 49.7 Å². The fraction of sp³-hybridized carbons (Fsp3) is 0. The first-order chi connectivity index (χ1) is 23.2. The average molecular weight is 621 g/mol. The maximum absolute atomic E-state index is 11.4. The van der Waals surface area contributed by atoms with E-state index in [1.54, 1.807) is 11.8 Å². The van der Waals surface area contributed by atoms with E-state index in [9.17, 15) is 5.11 Å². The molecule has 5 heteroatoms. The summed E-state index contributed by atoms with van der Waals surface area (Å²) in [4.78, 5) is 7.01. The molecule has 222 valence electrons. The van der Waals surface area contributed by atoms with Crippen molar-refractivity contribution in [3.05, 3.63) is 175 Å². The van der Waals surface area contributed by atoms with E-state index in [1.165, 1.54) is 21.5 Å². The Morgan fingerprint density at radius 1 is 0.574 bits per heavy atom. The number of fused-ring (bicyclic) bond motifs is 3. The molecule has 0 unspecified atom stereocenters. The van der Waals surface area contributed by atoms with Gasteiger partial charge in [-0.1, -0.05) is 115 Å². The van der Waals surface area contributed by atoms with Gasteiger partial charge in [0.15, 0.2) is 0 Å². The molecule has 2 aliphatic rings. The summed E-state index contributed by atoms with van der Waals surface area (Å²) >= 11 is 1.74. The van der Waals surface area contributed by atoms with Crippen LogP contribution >= 0.6 is 11.8 Å². The summed E-state index contributed by atoms with van der Waals surface area (Å²) in [6.07, 6.45) is 0. The summed E-state index contributed by atoms with van der Waals surface area (Å²) < 4.78 is 0. The highest BCUT2D eigenvalue weighted by molar-refractivity contribution is 8.08. The minimum atomic E-state index is 0.0593. The van der Waals surface area contributed by atoms with Gasteiger partial charge in [0, 0.05) is 54.9 Å². The highest BCUT2D eigenvalue weighted by atomic mass is 32.2. The lowest BCUT2D eigenvalue weighted by atomic mass is 9.38. The van der Waals surface area contributed by atoms with Gasteiger partial charge in [-0.05, 0) is 83.0 Å². The van der Waals surface area contributed by atoms with Crippen molar-refractivity contribution in [1.29, 1.82) is 0 Å². The Labute approximate surface area is 279 Å². The number of nitrogens with zero attached hydrogens (tertiary/aromatic N) is 2. The van der Waals surface area contributed by atoms with Crippen LogP contribution in [0, 0.1) is 0 Å². The van der Waals surface area contributed by atoms with Gasteiger partial charge in [-0.2, -0.15) is 0 Å². The highest BCUT2D eigenvalue weighted by Gasteiger charge is 2.38. The van der Waals surface area contributed by atoms with Crippen molar-refractivity contribution >= 4 is 79.2 Å². The summed E-state index contributed by atoms with van der Waals surface area (Å²) in [7, 11) is 0. The molecule has 0 fully saturated rings. The number of phenolic OH excluding ortho intramolecular Hbond substituents is 1. The number of benzene rings is 7. The number of para-hydroxylation sites is 3. The van der Waals surface area contributed by atoms with E-state index in [1.807, 2.05) is 24.3 Å². The largest absolute Gasteiger partial charge is 0.507 e. The predicted octanol–water partition coefficient (Wildman–Crippen LogP) is 10.1. The van der Waals surface area contributed by atoms with E-state index in [-0.39, 0.29) is 6.71 Å². The molecule has 7 aromatic rings. The second kappa shape index (κ2) is 11.3. The van der Waals surface area contributed by atoms with Crippen LogP contribution in [-0.2, 0) is 0 Å². The molecule has 1 N–H and O–H groups in total. The molecule has 3 nitrogen and oxygen atoms in total. The van der Waals surface area contributed by atoms with E-state index < -0.39 is 0 Å². The predicted molar refractivity (Wildman–Crippen MR) is 200 cm³/mol. The Kier molecular flexibility index (Phi) is 6.65. The van der Waals surface area contributed by atoms with Crippen LogP contribution in [0.3, 0.4) is 0 Å². The minimum absolute atomic E-state index is 0.0593. The Morgan fingerprint density at radius 2 is 1.23 bits per heavy atom. The molecule has 7 aromatic carbocycles. The standard InChI is InChI=1S/C42H29BN2OS/c46-42-34-20-8-7-13-29(34)25-26-35(42)40-28-43-36-21-9-10-22-37(36)45(38-23-12-24-39(47-40)41(38)43)33-19-11-18-32(27-33)44(30-14-3-1-4-15-30)31-16-5-2-6-17-31/h1-28,46H. The molecule has 0 bridgehead atoms. The maximum atomic E-state index is 11.4. The number of rotatable bonds is 5. The van der Waals surface area contributed by atoms with Crippen LogP contribution in [0.2, 0.25) is 0 Å². The van der Waals surface area contributed by atoms with Crippen molar-refractivity contribution in [3.63, 3.8) is 0 Å². The van der Waals surface area contributed by atoms with Crippen molar-refractivity contribution in [2.75, 3.05) is 9.80 Å². The van der Waals surface area contributed by atoms with Crippen molar-refractivity contribution in [2.45, 2.75) is 4.90 Å². The number of thioether (sulfide) groups is 1. The second-order valence-corrected chi connectivity index (χ2v) is 13.0. The van der Waals surface area contributed by atoms with Crippen LogP contribution in [0.4, 0.5) is 34.1 Å². The topological polar surface area (TPSA) is 26.7 Å². The Bertz CT molecular complexity index is 2280. The van der Waals surface area contributed by atoms with Gasteiger partial charge in [0.2, 0.25) is 6.71 Å². The van der Waals surface area contributed by atoms with Gasteiger partial charge in [-0.15, -0.1) is 0 Å². The number of aromatic hydroxyl groups is 1. The molecular weight excluding hydrogens is 591 g/mol. The fourth-order valence-electron chi connectivity index (χ4n) is 7.09. The third-order valence-corrected chi connectivity index (χ3v) is 10.3. The monoisotopic (exact) mass is 620 g/mol. The summed E-state index contributed by atoms with van der Waals surface area (Å²) in [6.45, 7) is 0.0593. The van der Waals surface area contributed by atoms with E-state index in [0.29, 0.717) is 5.75 Å². The second-order valence-electron chi connectivity index (χ2n) is 11.9. The van der Waals surface area contributed by atoms with Gasteiger partial charge in [-0.3, -0.25) is 0 Å². The van der Waals surface area contributed by atoms with Gasteiger partial charge in [-0.25, -0.2) is 0 Å². The summed E-state index contributed by atoms with van der Waals surface area (Å²) in [5.74, 6) is 2.69. The fourth-order valence-corrected chi connectivity index (χ4v) is 8.30. The first-order valence-electron chi connectivity index (χ1n) is 15.9. The van der Waals surface area contributed by atoms with E-state index in [4.69, 9.17) is 0 Å². The molecule has 47 heavy (non-hydrogen) atoms. The molecule has 0 saturated carbocycles. The molecule has 0 spiro atoms. The van der Waals surface area contributed by atoms with Crippen LogP contribution in [0.5, 0.6) is 5.75 Å². The van der Waals surface area contributed by atoms with Crippen LogP contribution in [-0.4, -0.2) is 11.8 Å². The number of anilines is 6. The molecule has 0 aliphatic carbocycles. The lowest BCUT2D eigenvalue weighted by molar-refractivity contribution is 0.480. The molecule has 2 aliphatic heterocycles. The Morgan fingerprint density at radius 3 is 2.04 bits per heavy atom. The molecule has 9 rings (SSSR count). The quantitative estimate of drug-likeness (QED) is 0.194. The number of phenols is 1. The minimum Gasteiger partial charge on any atom is -0.507 e. The molecule has 0 atom stereocenters. The van der Waals surface area contributed by atoms with Crippen molar-refractivity contribution in [3.8, 4) is 5.75 Å². The summed E-state index contributed by atoms with van der Waals surface area (Å²) in [5, 5.41) is 13.3. The van der Waals surface area contributed by atoms with Gasteiger partial charge in [0.25, 0.3) is 0 Å². The molecule has 0 aromatic heterocycles. The van der Waals surface area contributed by atoms with Crippen molar-refractivity contribution < 1.29 is 5.11 Å². The lowest BCUT2D eigenvalue weighted by Gasteiger charge is -2.39. The van der Waals surface area contributed by atoms with Gasteiger partial charge >= 0.3 is 0 Å². The zero-order valence-electron chi connectivity index (χ0n) is 25.5. The summed E-state index contributed by atoms with van der Waals surface area (Å²) in [6, 6.07) is 57.5. The van der Waals surface area contributed by atoms with Crippen molar-refractivity contribution in [1.82, 2.24) is 0 Å².